The predicted molar refractivity (Wildman–Crippen MR) is 89.0 cm³/mol. The highest BCUT2D eigenvalue weighted by Gasteiger charge is 2.13. The van der Waals surface area contributed by atoms with E-state index in [2.05, 4.69) is 10.3 Å². The molecule has 0 unspecified atom stereocenters. The maximum absolute atomic E-state index is 12.9. The van der Waals surface area contributed by atoms with Crippen molar-refractivity contribution < 1.29 is 19.0 Å². The van der Waals surface area contributed by atoms with E-state index in [1.807, 2.05) is 0 Å². The van der Waals surface area contributed by atoms with E-state index < -0.39 is 0 Å². The Labute approximate surface area is 144 Å². The fourth-order valence-electron chi connectivity index (χ4n) is 2.02. The minimum atomic E-state index is -0.277. The number of amides is 1. The second kappa shape index (κ2) is 9.41. The monoisotopic (exact) mass is 353 g/mol. The molecule has 130 valence electrons. The highest BCUT2D eigenvalue weighted by Crippen LogP contribution is 2.23. The molecule has 6 nitrogen and oxygen atoms in total. The van der Waals surface area contributed by atoms with Crippen molar-refractivity contribution in [3.05, 3.63) is 47.5 Å². The molecule has 0 radical (unpaired) electrons. The lowest BCUT2D eigenvalue weighted by atomic mass is 10.2. The van der Waals surface area contributed by atoms with Crippen molar-refractivity contribution >= 4 is 17.7 Å². The molecule has 2 N–H and O–H groups in total. The van der Waals surface area contributed by atoms with Crippen LogP contribution in [0.3, 0.4) is 0 Å². The molecule has 1 aromatic heterocycles. The van der Waals surface area contributed by atoms with Crippen LogP contribution in [0.25, 0.3) is 0 Å². The van der Waals surface area contributed by atoms with Crippen LogP contribution in [0.15, 0.2) is 35.6 Å². The first-order valence-corrected chi connectivity index (χ1v) is 8.40. The lowest BCUT2D eigenvalue weighted by Gasteiger charge is -2.11. The van der Waals surface area contributed by atoms with Gasteiger partial charge in [0.25, 0.3) is 0 Å². The Morgan fingerprint density at radius 1 is 1.42 bits per heavy atom. The van der Waals surface area contributed by atoms with E-state index in [0.717, 1.165) is 5.56 Å². The van der Waals surface area contributed by atoms with Crippen molar-refractivity contribution in [2.75, 3.05) is 20.3 Å². The first-order valence-electron chi connectivity index (χ1n) is 7.42. The first-order chi connectivity index (χ1) is 11.6. The van der Waals surface area contributed by atoms with E-state index in [-0.39, 0.29) is 24.9 Å². The van der Waals surface area contributed by atoms with Crippen LogP contribution in [0, 0.1) is 5.82 Å². The van der Waals surface area contributed by atoms with Gasteiger partial charge in [-0.25, -0.2) is 9.37 Å². The van der Waals surface area contributed by atoms with Gasteiger partial charge in [0.1, 0.15) is 12.4 Å². The Bertz CT molecular complexity index is 661. The number of carbonyl (C=O) groups excluding carboxylic acids is 1. The van der Waals surface area contributed by atoms with Gasteiger partial charge in [-0.2, -0.15) is 0 Å². The average molecular weight is 353 g/mol. The lowest BCUT2D eigenvalue weighted by Crippen LogP contribution is -2.31. The van der Waals surface area contributed by atoms with Crippen LogP contribution in [-0.4, -0.2) is 40.8 Å². The summed E-state index contributed by atoms with van der Waals surface area (Å²) in [6.07, 6.45) is 1.55. The fourth-order valence-corrected chi connectivity index (χ4v) is 2.98. The lowest BCUT2D eigenvalue weighted by molar-refractivity contribution is -0.122. The van der Waals surface area contributed by atoms with Gasteiger partial charge in [-0.05, 0) is 17.7 Å². The van der Waals surface area contributed by atoms with Crippen molar-refractivity contribution in [1.29, 1.82) is 0 Å². The fraction of sp³-hybridized carbons (Fsp3) is 0.375. The van der Waals surface area contributed by atoms with Gasteiger partial charge in [0.2, 0.25) is 5.91 Å². The van der Waals surface area contributed by atoms with Crippen LogP contribution in [0.5, 0.6) is 0 Å². The van der Waals surface area contributed by atoms with Gasteiger partial charge in [-0.1, -0.05) is 23.9 Å². The molecule has 0 aliphatic rings. The molecule has 1 aromatic carbocycles. The number of aliphatic hydroxyl groups is 1. The van der Waals surface area contributed by atoms with Crippen LogP contribution in [-0.2, 0) is 28.4 Å². The highest BCUT2D eigenvalue weighted by atomic mass is 32.2. The number of benzene rings is 1. The Hall–Kier alpha value is -1.90. The molecule has 0 atom stereocenters. The number of ether oxygens (including phenoxy) is 1. The van der Waals surface area contributed by atoms with E-state index in [4.69, 9.17) is 4.74 Å². The molecule has 0 saturated heterocycles. The van der Waals surface area contributed by atoms with Gasteiger partial charge in [0.05, 0.1) is 25.1 Å². The second-order valence-electron chi connectivity index (χ2n) is 5.03. The van der Waals surface area contributed by atoms with Gasteiger partial charge in [-0.3, -0.25) is 4.79 Å². The van der Waals surface area contributed by atoms with Crippen molar-refractivity contribution in [2.45, 2.75) is 24.1 Å². The van der Waals surface area contributed by atoms with Crippen LogP contribution < -0.4 is 5.32 Å². The topological polar surface area (TPSA) is 76.4 Å². The molecular formula is C16H20FN3O3S. The summed E-state index contributed by atoms with van der Waals surface area (Å²) in [5, 5.41) is 12.8. The van der Waals surface area contributed by atoms with Crippen LogP contribution >= 0.6 is 11.8 Å². The van der Waals surface area contributed by atoms with Gasteiger partial charge >= 0.3 is 0 Å². The standard InChI is InChI=1S/C16H20FN3O3S/c1-23-7-6-18-15(22)9-20-14(10-21)8-19-16(20)24-11-12-2-4-13(17)5-3-12/h2-5,8,21H,6-7,9-11H2,1H3,(H,18,22). The number of nitrogens with zero attached hydrogens (tertiary/aromatic N) is 2. The van der Waals surface area contributed by atoms with E-state index in [9.17, 15) is 14.3 Å². The number of aliphatic hydroxyl groups excluding tert-OH is 1. The van der Waals surface area contributed by atoms with Crippen LogP contribution in [0.4, 0.5) is 4.39 Å². The van der Waals surface area contributed by atoms with Crippen LogP contribution in [0.1, 0.15) is 11.3 Å². The number of nitrogens with one attached hydrogen (secondary N) is 1. The Morgan fingerprint density at radius 2 is 2.17 bits per heavy atom. The third-order valence-corrected chi connectivity index (χ3v) is 4.34. The predicted octanol–water partition coefficient (Wildman–Crippen LogP) is 1.57. The number of aromatic nitrogens is 2. The molecule has 0 saturated carbocycles. The normalized spacial score (nSPS) is 10.8. The molecule has 0 bridgehead atoms. The molecular weight excluding hydrogens is 333 g/mol. The Balaban J connectivity index is 2.00. The number of halogens is 1. The van der Waals surface area contributed by atoms with Crippen molar-refractivity contribution in [1.82, 2.24) is 14.9 Å². The smallest absolute Gasteiger partial charge is 0.240 e. The average Bonchev–Trinajstić information content (AvgIpc) is 2.96. The van der Waals surface area contributed by atoms with E-state index in [1.54, 1.807) is 30.0 Å². The summed E-state index contributed by atoms with van der Waals surface area (Å²) < 4.78 is 19.5. The summed E-state index contributed by atoms with van der Waals surface area (Å²) in [4.78, 5) is 16.2. The molecule has 1 heterocycles. The number of hydrogen-bond donors (Lipinski definition) is 2. The summed E-state index contributed by atoms with van der Waals surface area (Å²) in [7, 11) is 1.57. The van der Waals surface area contributed by atoms with Crippen molar-refractivity contribution in [3.63, 3.8) is 0 Å². The minimum absolute atomic E-state index is 0.0748. The zero-order valence-electron chi connectivity index (χ0n) is 13.4. The van der Waals surface area contributed by atoms with E-state index >= 15 is 0 Å². The van der Waals surface area contributed by atoms with Crippen LogP contribution in [0.2, 0.25) is 0 Å². The Kier molecular flexibility index (Phi) is 7.23. The summed E-state index contributed by atoms with van der Waals surface area (Å²) in [6.45, 7) is 0.742. The molecule has 0 aliphatic carbocycles. The second-order valence-corrected chi connectivity index (χ2v) is 5.98. The first kappa shape index (κ1) is 18.4. The summed E-state index contributed by atoms with van der Waals surface area (Å²) in [5.74, 6) is 0.136. The summed E-state index contributed by atoms with van der Waals surface area (Å²) in [6, 6.07) is 6.23. The number of thioether (sulfide) groups is 1. The number of hydrogen-bond acceptors (Lipinski definition) is 5. The van der Waals surface area contributed by atoms with Gasteiger partial charge in [0, 0.05) is 19.4 Å². The van der Waals surface area contributed by atoms with Gasteiger partial charge in [-0.15, -0.1) is 0 Å². The largest absolute Gasteiger partial charge is 0.390 e. The molecule has 1 amide bonds. The molecule has 2 aromatic rings. The summed E-state index contributed by atoms with van der Waals surface area (Å²) in [5.41, 5.74) is 1.52. The zero-order valence-corrected chi connectivity index (χ0v) is 14.2. The maximum atomic E-state index is 12.9. The van der Waals surface area contributed by atoms with Crippen molar-refractivity contribution in [2.24, 2.45) is 0 Å². The molecule has 0 aliphatic heterocycles. The number of imidazole rings is 1. The van der Waals surface area contributed by atoms with Gasteiger partial charge in [0.15, 0.2) is 5.16 Å². The van der Waals surface area contributed by atoms with Crippen molar-refractivity contribution in [3.8, 4) is 0 Å². The molecule has 24 heavy (non-hydrogen) atoms. The molecule has 0 spiro atoms. The van der Waals surface area contributed by atoms with Gasteiger partial charge < -0.3 is 19.7 Å². The maximum Gasteiger partial charge on any atom is 0.240 e. The third kappa shape index (κ3) is 5.33. The quantitative estimate of drug-likeness (QED) is 0.529. The highest BCUT2D eigenvalue weighted by molar-refractivity contribution is 7.98. The zero-order chi connectivity index (χ0) is 17.4. The Morgan fingerprint density at radius 3 is 2.83 bits per heavy atom. The minimum Gasteiger partial charge on any atom is -0.390 e. The number of carbonyl (C=O) groups is 1. The number of methoxy groups -OCH3 is 1. The molecule has 0 fully saturated rings. The van der Waals surface area contributed by atoms with E-state index in [0.29, 0.717) is 29.8 Å². The SMILES string of the molecule is COCCNC(=O)Cn1c(CO)cnc1SCc1ccc(F)cc1. The van der Waals surface area contributed by atoms with E-state index in [1.165, 1.54) is 23.9 Å². The number of rotatable bonds is 9. The molecule has 8 heteroatoms. The third-order valence-electron chi connectivity index (χ3n) is 3.27. The molecule has 2 rings (SSSR count). The summed E-state index contributed by atoms with van der Waals surface area (Å²) >= 11 is 1.43.